The SMILES string of the molecule is C[C@@H](COCCC[C@@](OCc1ccccc1)(c1nnc(-c2[nH]c(=O)c(C(F)(F)F)cc2N(C(=O)OC(C)(C)C)C(=O)OC(C)(C)C)o1)C(F)(F)F)O[Si](C)(C)C(C)(C)C.C[C@@H](COCCC[C@@](OCc1ccccc1)(c1nnc(-c2nc(Br)c(C(F)(F)F)cc2N(C(=O)OC(C)(C)C)C(=O)OC(C)(C)C)o1)C(F)(F)F)O[Si](C)(C)C(C)(C)C. The number of imide groups is 2. The highest BCUT2D eigenvalue weighted by atomic mass is 79.9. The van der Waals surface area contributed by atoms with E-state index in [0.29, 0.717) is 17.2 Å². The van der Waals surface area contributed by atoms with E-state index in [-0.39, 0.29) is 77.4 Å². The molecular weight excluding hydrogens is 1680 g/mol. The van der Waals surface area contributed by atoms with E-state index in [1.807, 2.05) is 11.9 Å². The van der Waals surface area contributed by atoms with Gasteiger partial charge in [0.2, 0.25) is 11.2 Å². The number of hydrogen-bond donors (Lipinski definition) is 1. The van der Waals surface area contributed by atoms with Gasteiger partial charge < -0.3 is 60.6 Å². The van der Waals surface area contributed by atoms with Crippen molar-refractivity contribution in [3.05, 3.63) is 122 Å². The van der Waals surface area contributed by atoms with Crippen molar-refractivity contribution >= 4 is 68.3 Å². The molecule has 0 bridgehead atoms. The van der Waals surface area contributed by atoms with Gasteiger partial charge in [0.15, 0.2) is 22.3 Å². The Kier molecular flexibility index (Phi) is 32.8. The zero-order valence-corrected chi connectivity index (χ0v) is 74.2. The number of carbonyl (C=O) groups excluding carboxylic acids is 4. The smallest absolute Gasteiger partial charge is 0.426 e. The van der Waals surface area contributed by atoms with Crippen LogP contribution in [0.3, 0.4) is 0 Å². The zero-order valence-electron chi connectivity index (χ0n) is 70.6. The first-order valence-corrected chi connectivity index (χ1v) is 44.0. The van der Waals surface area contributed by atoms with Gasteiger partial charge in [-0.15, -0.1) is 20.4 Å². The molecule has 40 heteroatoms. The van der Waals surface area contributed by atoms with Crippen molar-refractivity contribution in [3.63, 3.8) is 0 Å². The number of anilines is 2. The molecule has 1 N–H and O–H groups in total. The Morgan fingerprint density at radius 1 is 0.483 bits per heavy atom. The molecule has 0 aliphatic heterocycles. The fraction of sp³-hybridized carbons (Fsp3) is 0.615. The minimum atomic E-state index is -5.35. The average Bonchev–Trinajstić information content (AvgIpc) is 1.53. The average molecular weight is 1790 g/mol. The molecule has 4 amide bonds. The summed E-state index contributed by atoms with van der Waals surface area (Å²) < 4.78 is 245. The number of nitrogens with zero attached hydrogens (tertiary/aromatic N) is 7. The Labute approximate surface area is 688 Å². The second-order valence-electron chi connectivity index (χ2n) is 34.8. The van der Waals surface area contributed by atoms with Crippen molar-refractivity contribution in [1.29, 1.82) is 0 Å². The van der Waals surface area contributed by atoms with Gasteiger partial charge in [-0.25, -0.2) is 24.2 Å². The van der Waals surface area contributed by atoms with Crippen LogP contribution < -0.4 is 15.4 Å². The quantitative estimate of drug-likeness (QED) is 0.0157. The van der Waals surface area contributed by atoms with Gasteiger partial charge in [-0.05, 0) is 198 Å². The molecule has 0 fully saturated rings. The lowest BCUT2D eigenvalue weighted by Gasteiger charge is -2.38. The lowest BCUT2D eigenvalue weighted by atomic mass is 9.96. The van der Waals surface area contributed by atoms with Crippen LogP contribution in [0, 0.1) is 0 Å². The number of halogens is 13. The van der Waals surface area contributed by atoms with Gasteiger partial charge in [0.1, 0.15) is 38.3 Å². The van der Waals surface area contributed by atoms with Gasteiger partial charge in [-0.3, -0.25) is 4.79 Å². The molecule has 2 aromatic carbocycles. The van der Waals surface area contributed by atoms with Crippen LogP contribution in [0.1, 0.15) is 198 Å². The summed E-state index contributed by atoms with van der Waals surface area (Å²) in [6, 6.07) is 16.3. The zero-order chi connectivity index (χ0) is 90.0. The number of aromatic amines is 1. The summed E-state index contributed by atoms with van der Waals surface area (Å²) in [5.74, 6) is -4.23. The third kappa shape index (κ3) is 28.1. The maximum atomic E-state index is 15.5. The lowest BCUT2D eigenvalue weighted by molar-refractivity contribution is -0.300. The molecule has 4 atom stereocenters. The monoisotopic (exact) mass is 1790 g/mol. The number of ether oxygens (including phenoxy) is 8. The Hall–Kier alpha value is -7.87. The third-order valence-electron chi connectivity index (χ3n) is 17.8. The van der Waals surface area contributed by atoms with Crippen molar-refractivity contribution in [1.82, 2.24) is 30.4 Å². The van der Waals surface area contributed by atoms with Crippen molar-refractivity contribution in [3.8, 4) is 23.2 Å². The topological polar surface area (TPSA) is 291 Å². The molecule has 0 unspecified atom stereocenters. The van der Waals surface area contributed by atoms with Crippen LogP contribution in [0.4, 0.5) is 83.2 Å². The maximum absolute atomic E-state index is 15.5. The first kappa shape index (κ1) is 101. The summed E-state index contributed by atoms with van der Waals surface area (Å²) in [4.78, 5) is 73.0. The summed E-state index contributed by atoms with van der Waals surface area (Å²) in [7, 11) is -4.33. The number of alkyl halides is 12. The van der Waals surface area contributed by atoms with Crippen molar-refractivity contribution in [2.45, 2.75) is 284 Å². The minimum absolute atomic E-state index is 0.0386. The molecule has 4 heterocycles. The molecule has 0 aliphatic carbocycles. The number of benzene rings is 2. The van der Waals surface area contributed by atoms with E-state index in [1.165, 1.54) is 95.2 Å². The first-order chi connectivity index (χ1) is 53.6. The van der Waals surface area contributed by atoms with Crippen LogP contribution in [0.15, 0.2) is 91.0 Å². The van der Waals surface area contributed by atoms with Crippen molar-refractivity contribution in [2.24, 2.45) is 0 Å². The van der Waals surface area contributed by atoms with Gasteiger partial charge >= 0.3 is 49.1 Å². The highest BCUT2D eigenvalue weighted by molar-refractivity contribution is 9.10. The summed E-state index contributed by atoms with van der Waals surface area (Å²) >= 11 is 2.75. The van der Waals surface area contributed by atoms with Gasteiger partial charge in [-0.2, -0.15) is 62.5 Å². The van der Waals surface area contributed by atoms with Gasteiger partial charge in [0.25, 0.3) is 29.1 Å². The van der Waals surface area contributed by atoms with Crippen LogP contribution >= 0.6 is 15.9 Å². The molecule has 25 nitrogen and oxygen atoms in total. The van der Waals surface area contributed by atoms with Crippen LogP contribution in [0.2, 0.25) is 36.3 Å². The van der Waals surface area contributed by atoms with E-state index in [2.05, 4.69) is 109 Å². The number of nitrogens with one attached hydrogen (secondary N) is 1. The molecule has 0 saturated carbocycles. The molecule has 6 aromatic rings. The fourth-order valence-electron chi connectivity index (χ4n) is 10.3. The molecule has 6 rings (SSSR count). The number of aromatic nitrogens is 6. The van der Waals surface area contributed by atoms with E-state index in [1.54, 1.807) is 55.5 Å². The lowest BCUT2D eigenvalue weighted by Crippen LogP contribution is -2.45. The molecule has 0 radical (unpaired) electrons. The van der Waals surface area contributed by atoms with Crippen molar-refractivity contribution in [2.75, 3.05) is 36.2 Å². The van der Waals surface area contributed by atoms with Crippen LogP contribution in [0.25, 0.3) is 23.2 Å². The molecule has 0 spiro atoms. The van der Waals surface area contributed by atoms with E-state index >= 15 is 26.3 Å². The van der Waals surface area contributed by atoms with E-state index in [4.69, 9.17) is 55.6 Å². The maximum Gasteiger partial charge on any atom is 0.426 e. The molecule has 118 heavy (non-hydrogen) atoms. The number of amides is 4. The predicted molar refractivity (Wildman–Crippen MR) is 419 cm³/mol. The van der Waals surface area contributed by atoms with E-state index < -0.39 is 193 Å². The number of hydrogen-bond acceptors (Lipinski definition) is 22. The third-order valence-corrected chi connectivity index (χ3v) is 27.7. The first-order valence-electron chi connectivity index (χ1n) is 37.4. The van der Waals surface area contributed by atoms with Crippen molar-refractivity contribution < 1.29 is 127 Å². The number of carbonyl (C=O) groups is 4. The molecular formula is C78H107BrF12N8O17Si2. The Bertz CT molecular complexity index is 4340. The van der Waals surface area contributed by atoms with E-state index in [9.17, 15) is 50.3 Å². The second kappa shape index (κ2) is 38.5. The predicted octanol–water partition coefficient (Wildman–Crippen LogP) is 22.1. The largest absolute Gasteiger partial charge is 0.443 e. The van der Waals surface area contributed by atoms with Crippen LogP contribution in [0.5, 0.6) is 0 Å². The standard InChI is InChI=1S/C39H53BrF6N4O8Si.C39H54F6N4O9Si/c1-24(58-59(11,12)36(8,9)10)22-53-20-16-19-37(39(44,45)46,54-23-25-17-14-13-15-18-25)31-49-48-30(55-31)28-27(21-26(29(40)47-28)38(41,42)43)50(32(51)56-34(2,3)4)33(52)57-35(5,6)7;1-24(58-59(11,12)36(8,9)10)22-53-20-16-19-37(39(43,44)45,54-23-25-17-14-13-15-18-25)31-48-47-30(55-31)28-27(21-26(29(50)46-28)38(40,41)42)49(32(51)56-34(2,3)4)33(52)57-35(5,6)7/h13-15,17-18,21,24H,16,19-20,22-23H2,1-12H3;13-15,17-18,21,24H,16,19-20,22-23H2,1-12H3,(H,46,50)/t2*24-,37+/m00/s1. The van der Waals surface area contributed by atoms with Gasteiger partial charge in [-0.1, -0.05) is 102 Å². The summed E-state index contributed by atoms with van der Waals surface area (Å²) in [5.41, 5.74) is -20.0. The number of pyridine rings is 2. The number of H-pyrrole nitrogens is 1. The Morgan fingerprint density at radius 3 is 1.14 bits per heavy atom. The Balaban J connectivity index is 0.000000420. The van der Waals surface area contributed by atoms with Gasteiger partial charge in [0.05, 0.1) is 55.6 Å². The molecule has 0 saturated heterocycles. The second-order valence-corrected chi connectivity index (χ2v) is 45.1. The minimum Gasteiger partial charge on any atom is -0.443 e. The number of rotatable bonds is 28. The fourth-order valence-corrected chi connectivity index (χ4v) is 13.7. The summed E-state index contributed by atoms with van der Waals surface area (Å²) in [6.45, 7) is 40.0. The van der Waals surface area contributed by atoms with Crippen LogP contribution in [-0.4, -0.2) is 145 Å². The normalized spacial score (nSPS) is 14.8. The molecule has 0 aliphatic rings. The van der Waals surface area contributed by atoms with E-state index in [0.717, 1.165) is 0 Å². The van der Waals surface area contributed by atoms with Gasteiger partial charge in [0, 0.05) is 13.2 Å². The van der Waals surface area contributed by atoms with Crippen LogP contribution in [-0.2, 0) is 83.5 Å². The highest BCUT2D eigenvalue weighted by Crippen LogP contribution is 2.51. The highest BCUT2D eigenvalue weighted by Gasteiger charge is 2.63. The molecule has 660 valence electrons. The summed E-state index contributed by atoms with van der Waals surface area (Å²) in [5, 5.41) is 14.6. The Morgan fingerprint density at radius 2 is 0.814 bits per heavy atom. The molecule has 4 aromatic heterocycles. The summed E-state index contributed by atoms with van der Waals surface area (Å²) in [6.07, 6.45) is -29.9.